The van der Waals surface area contributed by atoms with E-state index in [0.29, 0.717) is 28.8 Å². The molecule has 0 aliphatic rings. The number of nitrogens with two attached hydrogens (primary N) is 1. The number of halogens is 2. The molecule has 0 fully saturated rings. The zero-order valence-corrected chi connectivity index (χ0v) is 14.1. The number of rotatable bonds is 6. The first-order chi connectivity index (χ1) is 11.0. The zero-order valence-electron chi connectivity index (χ0n) is 12.6. The van der Waals surface area contributed by atoms with Crippen molar-refractivity contribution in [2.45, 2.75) is 19.1 Å². The van der Waals surface area contributed by atoms with Crippen LogP contribution in [0.1, 0.15) is 11.1 Å². The third-order valence-electron chi connectivity index (χ3n) is 3.29. The Balaban J connectivity index is 1.93. The van der Waals surface area contributed by atoms with Crippen molar-refractivity contribution in [3.63, 3.8) is 0 Å². The standard InChI is InChI=1S/C17H17Cl2NO3/c1-22-17(21)16(20)8-11-2-6-14(7-3-11)23-10-12-4-5-13(18)9-15(12)19/h2-7,9,16H,8,10,20H2,1H3. The van der Waals surface area contributed by atoms with Gasteiger partial charge in [0.1, 0.15) is 18.4 Å². The van der Waals surface area contributed by atoms with Crippen molar-refractivity contribution in [2.24, 2.45) is 5.73 Å². The molecule has 0 saturated heterocycles. The van der Waals surface area contributed by atoms with Crippen LogP contribution in [0, 0.1) is 0 Å². The van der Waals surface area contributed by atoms with E-state index in [1.54, 1.807) is 12.1 Å². The van der Waals surface area contributed by atoms with E-state index < -0.39 is 12.0 Å². The molecule has 0 radical (unpaired) electrons. The van der Waals surface area contributed by atoms with Crippen LogP contribution < -0.4 is 10.5 Å². The topological polar surface area (TPSA) is 61.5 Å². The lowest BCUT2D eigenvalue weighted by Gasteiger charge is -2.11. The summed E-state index contributed by atoms with van der Waals surface area (Å²) in [5.74, 6) is 0.272. The summed E-state index contributed by atoms with van der Waals surface area (Å²) in [5.41, 5.74) is 7.51. The van der Waals surface area contributed by atoms with Gasteiger partial charge in [-0.3, -0.25) is 4.79 Å². The molecule has 0 aliphatic heterocycles. The Hall–Kier alpha value is -1.75. The Morgan fingerprint density at radius 3 is 2.48 bits per heavy atom. The van der Waals surface area contributed by atoms with Gasteiger partial charge in [-0.1, -0.05) is 41.4 Å². The van der Waals surface area contributed by atoms with Crippen molar-refractivity contribution < 1.29 is 14.3 Å². The number of carbonyl (C=O) groups excluding carboxylic acids is 1. The maximum atomic E-state index is 11.3. The summed E-state index contributed by atoms with van der Waals surface area (Å²) in [7, 11) is 1.32. The van der Waals surface area contributed by atoms with E-state index in [1.165, 1.54) is 7.11 Å². The molecular formula is C17H17Cl2NO3. The minimum Gasteiger partial charge on any atom is -0.489 e. The Labute approximate surface area is 145 Å². The van der Waals surface area contributed by atoms with Gasteiger partial charge in [-0.15, -0.1) is 0 Å². The van der Waals surface area contributed by atoms with Crippen molar-refractivity contribution in [3.05, 3.63) is 63.6 Å². The minimum absolute atomic E-state index is 0.344. The number of hydrogen-bond donors (Lipinski definition) is 1. The van der Waals surface area contributed by atoms with Gasteiger partial charge in [-0.25, -0.2) is 0 Å². The van der Waals surface area contributed by atoms with Crippen LogP contribution in [-0.4, -0.2) is 19.1 Å². The maximum absolute atomic E-state index is 11.3. The molecule has 122 valence electrons. The number of carbonyl (C=O) groups is 1. The van der Waals surface area contributed by atoms with E-state index in [2.05, 4.69) is 4.74 Å². The molecule has 6 heteroatoms. The fourth-order valence-corrected chi connectivity index (χ4v) is 2.47. The van der Waals surface area contributed by atoms with Crippen molar-refractivity contribution in [1.82, 2.24) is 0 Å². The predicted octanol–water partition coefficient (Wildman–Crippen LogP) is 3.62. The van der Waals surface area contributed by atoms with Crippen LogP contribution in [0.5, 0.6) is 5.75 Å². The molecule has 0 aliphatic carbocycles. The van der Waals surface area contributed by atoms with Gasteiger partial charge >= 0.3 is 5.97 Å². The lowest BCUT2D eigenvalue weighted by molar-refractivity contribution is -0.142. The molecule has 0 amide bonds. The summed E-state index contributed by atoms with van der Waals surface area (Å²) in [5, 5.41) is 1.16. The maximum Gasteiger partial charge on any atom is 0.322 e. The molecule has 23 heavy (non-hydrogen) atoms. The summed E-state index contributed by atoms with van der Waals surface area (Å²) in [6.07, 6.45) is 0.413. The largest absolute Gasteiger partial charge is 0.489 e. The summed E-state index contributed by atoms with van der Waals surface area (Å²) in [6, 6.07) is 12.0. The van der Waals surface area contributed by atoms with Crippen LogP contribution in [0.15, 0.2) is 42.5 Å². The van der Waals surface area contributed by atoms with Crippen molar-refractivity contribution in [2.75, 3.05) is 7.11 Å². The second-order valence-electron chi connectivity index (χ2n) is 5.00. The van der Waals surface area contributed by atoms with Gasteiger partial charge in [-0.05, 0) is 36.2 Å². The van der Waals surface area contributed by atoms with Crippen LogP contribution >= 0.6 is 23.2 Å². The Morgan fingerprint density at radius 1 is 1.17 bits per heavy atom. The molecule has 4 nitrogen and oxygen atoms in total. The SMILES string of the molecule is COC(=O)C(N)Cc1ccc(OCc2ccc(Cl)cc2Cl)cc1. The molecule has 2 aromatic rings. The number of benzene rings is 2. The highest BCUT2D eigenvalue weighted by atomic mass is 35.5. The molecule has 0 saturated carbocycles. The normalized spacial score (nSPS) is 11.8. The van der Waals surface area contributed by atoms with E-state index in [0.717, 1.165) is 11.1 Å². The molecule has 1 atom stereocenters. The van der Waals surface area contributed by atoms with Crippen molar-refractivity contribution in [1.29, 1.82) is 0 Å². The molecule has 0 bridgehead atoms. The average molecular weight is 354 g/mol. The number of ether oxygens (including phenoxy) is 2. The predicted molar refractivity (Wildman–Crippen MR) is 90.9 cm³/mol. The van der Waals surface area contributed by atoms with Crippen LogP contribution in [-0.2, 0) is 22.6 Å². The number of esters is 1. The van der Waals surface area contributed by atoms with E-state index in [9.17, 15) is 4.79 Å². The average Bonchev–Trinajstić information content (AvgIpc) is 2.54. The zero-order chi connectivity index (χ0) is 16.8. The Bertz CT molecular complexity index is 674. The molecule has 0 spiro atoms. The smallest absolute Gasteiger partial charge is 0.322 e. The second kappa shape index (κ2) is 8.20. The molecule has 1 unspecified atom stereocenters. The Kier molecular flexibility index (Phi) is 6.28. The van der Waals surface area contributed by atoms with Gasteiger partial charge in [0.05, 0.1) is 7.11 Å². The van der Waals surface area contributed by atoms with Crippen molar-refractivity contribution >= 4 is 29.2 Å². The van der Waals surface area contributed by atoms with E-state index >= 15 is 0 Å². The number of methoxy groups -OCH3 is 1. The first-order valence-electron chi connectivity index (χ1n) is 6.98. The highest BCUT2D eigenvalue weighted by Gasteiger charge is 2.14. The first-order valence-corrected chi connectivity index (χ1v) is 7.74. The molecule has 2 aromatic carbocycles. The molecule has 2 N–H and O–H groups in total. The van der Waals surface area contributed by atoms with Crippen LogP contribution in [0.3, 0.4) is 0 Å². The van der Waals surface area contributed by atoms with Gasteiger partial charge in [0, 0.05) is 15.6 Å². The monoisotopic (exact) mass is 353 g/mol. The highest BCUT2D eigenvalue weighted by Crippen LogP contribution is 2.23. The first kappa shape index (κ1) is 17.6. The van der Waals surface area contributed by atoms with Gasteiger partial charge in [-0.2, -0.15) is 0 Å². The van der Waals surface area contributed by atoms with Gasteiger partial charge in [0.25, 0.3) is 0 Å². The molecular weight excluding hydrogens is 337 g/mol. The fraction of sp³-hybridized carbons (Fsp3) is 0.235. The highest BCUT2D eigenvalue weighted by molar-refractivity contribution is 6.35. The third-order valence-corrected chi connectivity index (χ3v) is 3.88. The summed E-state index contributed by atoms with van der Waals surface area (Å²) in [4.78, 5) is 11.3. The summed E-state index contributed by atoms with van der Waals surface area (Å²) < 4.78 is 10.3. The van der Waals surface area contributed by atoms with Gasteiger partial charge < -0.3 is 15.2 Å². The van der Waals surface area contributed by atoms with Crippen molar-refractivity contribution in [3.8, 4) is 5.75 Å². The Morgan fingerprint density at radius 2 is 1.87 bits per heavy atom. The van der Waals surface area contributed by atoms with Crippen LogP contribution in [0.4, 0.5) is 0 Å². The summed E-state index contributed by atoms with van der Waals surface area (Å²) in [6.45, 7) is 0.344. The number of hydrogen-bond acceptors (Lipinski definition) is 4. The fourth-order valence-electron chi connectivity index (χ4n) is 2.01. The lowest BCUT2D eigenvalue weighted by Crippen LogP contribution is -2.33. The minimum atomic E-state index is -0.667. The summed E-state index contributed by atoms with van der Waals surface area (Å²) >= 11 is 12.0. The lowest BCUT2D eigenvalue weighted by atomic mass is 10.1. The van der Waals surface area contributed by atoms with E-state index in [-0.39, 0.29) is 0 Å². The van der Waals surface area contributed by atoms with Gasteiger partial charge in [0.15, 0.2) is 0 Å². The second-order valence-corrected chi connectivity index (χ2v) is 5.85. The third kappa shape index (κ3) is 5.13. The quantitative estimate of drug-likeness (QED) is 0.805. The van der Waals surface area contributed by atoms with Crippen LogP contribution in [0.2, 0.25) is 10.0 Å². The van der Waals surface area contributed by atoms with Gasteiger partial charge in [0.2, 0.25) is 0 Å². The van der Waals surface area contributed by atoms with Crippen LogP contribution in [0.25, 0.3) is 0 Å². The molecule has 2 rings (SSSR count). The molecule has 0 aromatic heterocycles. The molecule has 0 heterocycles. The van der Waals surface area contributed by atoms with E-state index in [1.807, 2.05) is 30.3 Å². The van der Waals surface area contributed by atoms with E-state index in [4.69, 9.17) is 33.7 Å².